The minimum Gasteiger partial charge on any atom is -0.323 e. The van der Waals surface area contributed by atoms with Crippen LogP contribution in [0.4, 0.5) is 5.69 Å². The Bertz CT molecular complexity index is 2280. The lowest BCUT2D eigenvalue weighted by atomic mass is 9.76. The molecule has 0 radical (unpaired) electrons. The predicted molar refractivity (Wildman–Crippen MR) is 210 cm³/mol. The van der Waals surface area contributed by atoms with Crippen molar-refractivity contribution in [1.29, 1.82) is 0 Å². The summed E-state index contributed by atoms with van der Waals surface area (Å²) in [6.45, 7) is 10.1. The lowest BCUT2D eigenvalue weighted by Crippen LogP contribution is -2.37. The van der Waals surface area contributed by atoms with Gasteiger partial charge in [0.05, 0.1) is 11.9 Å². The van der Waals surface area contributed by atoms with Gasteiger partial charge < -0.3 is 9.88 Å². The third-order valence-corrected chi connectivity index (χ3v) is 9.52. The van der Waals surface area contributed by atoms with Crippen molar-refractivity contribution in [2.24, 2.45) is 0 Å². The first-order valence-corrected chi connectivity index (χ1v) is 17.3. The van der Waals surface area contributed by atoms with E-state index in [1.165, 1.54) is 22.8 Å². The number of carbonyl (C=O) groups is 1. The number of hydrogen-bond acceptors (Lipinski definition) is 3. The van der Waals surface area contributed by atoms with Crippen LogP contribution in [0, 0.1) is 6.92 Å². The molecule has 0 saturated heterocycles. The molecule has 0 saturated carbocycles. The summed E-state index contributed by atoms with van der Waals surface area (Å²) in [5.41, 5.74) is 12.1. The summed E-state index contributed by atoms with van der Waals surface area (Å²) in [6.07, 6.45) is 8.53. The number of benzene rings is 5. The minimum atomic E-state index is -0.774. The van der Waals surface area contributed by atoms with Crippen molar-refractivity contribution in [3.63, 3.8) is 0 Å². The number of aryl methyl sites for hydroxylation is 2. The molecule has 2 aromatic heterocycles. The molecule has 7 aromatic rings. The summed E-state index contributed by atoms with van der Waals surface area (Å²) in [5.74, 6) is -0.268. The normalized spacial score (nSPS) is 11.8. The van der Waals surface area contributed by atoms with E-state index in [2.05, 4.69) is 159 Å². The topological polar surface area (TPSA) is 59.8 Å². The first kappa shape index (κ1) is 33.2. The maximum atomic E-state index is 12.1. The van der Waals surface area contributed by atoms with Gasteiger partial charge in [-0.25, -0.2) is 9.97 Å². The number of amides is 1. The van der Waals surface area contributed by atoms with E-state index in [-0.39, 0.29) is 5.91 Å². The molecule has 1 amide bonds. The number of carbonyl (C=O) groups excluding carboxylic acids is 1. The molecule has 0 atom stereocenters. The lowest BCUT2D eigenvalue weighted by molar-refractivity contribution is -0.111. The molecule has 5 heteroatoms. The van der Waals surface area contributed by atoms with Crippen molar-refractivity contribution in [2.75, 3.05) is 5.32 Å². The molecular weight excluding hydrogens is 625 g/mol. The van der Waals surface area contributed by atoms with Gasteiger partial charge in [0, 0.05) is 23.0 Å². The second kappa shape index (κ2) is 14.3. The zero-order valence-corrected chi connectivity index (χ0v) is 29.2. The number of hydrogen-bond donors (Lipinski definition) is 1. The van der Waals surface area contributed by atoms with Crippen molar-refractivity contribution in [2.45, 2.75) is 32.7 Å². The molecule has 250 valence electrons. The van der Waals surface area contributed by atoms with Gasteiger partial charge in [0.2, 0.25) is 5.91 Å². The molecule has 0 aliphatic rings. The highest BCUT2D eigenvalue weighted by Crippen LogP contribution is 2.44. The van der Waals surface area contributed by atoms with Gasteiger partial charge in [0.15, 0.2) is 5.65 Å². The Morgan fingerprint density at radius 2 is 1.45 bits per heavy atom. The van der Waals surface area contributed by atoms with Gasteiger partial charge in [-0.05, 0) is 71.9 Å². The number of allylic oxidation sites excluding steroid dienone is 1. The number of anilines is 1. The fourth-order valence-corrected chi connectivity index (χ4v) is 7.07. The van der Waals surface area contributed by atoms with Crippen LogP contribution in [-0.4, -0.2) is 20.4 Å². The molecule has 5 aromatic carbocycles. The van der Waals surface area contributed by atoms with Gasteiger partial charge in [-0.2, -0.15) is 0 Å². The van der Waals surface area contributed by atoms with Crippen LogP contribution in [0.3, 0.4) is 0 Å². The van der Waals surface area contributed by atoms with E-state index in [1.807, 2.05) is 30.5 Å². The summed E-state index contributed by atoms with van der Waals surface area (Å²) < 4.78 is 2.31. The van der Waals surface area contributed by atoms with Gasteiger partial charge >= 0.3 is 0 Å². The number of nitrogens with one attached hydrogen (secondary N) is 1. The first-order chi connectivity index (χ1) is 24.9. The maximum Gasteiger partial charge on any atom is 0.247 e. The van der Waals surface area contributed by atoms with Crippen LogP contribution in [0.2, 0.25) is 0 Å². The van der Waals surface area contributed by atoms with Crippen molar-refractivity contribution in [3.8, 4) is 11.3 Å². The van der Waals surface area contributed by atoms with Crippen molar-refractivity contribution < 1.29 is 4.79 Å². The molecule has 0 bridgehead atoms. The monoisotopic (exact) mass is 664 g/mol. The average molecular weight is 665 g/mol. The first-order valence-electron chi connectivity index (χ1n) is 17.3. The zero-order valence-electron chi connectivity index (χ0n) is 29.2. The third kappa shape index (κ3) is 6.30. The van der Waals surface area contributed by atoms with Crippen LogP contribution in [0.1, 0.15) is 52.8 Å². The van der Waals surface area contributed by atoms with E-state index in [9.17, 15) is 4.79 Å². The van der Waals surface area contributed by atoms with Crippen LogP contribution in [0.25, 0.3) is 34.1 Å². The van der Waals surface area contributed by atoms with E-state index < -0.39 is 5.54 Å². The highest BCUT2D eigenvalue weighted by atomic mass is 16.1. The molecule has 7 rings (SSSR count). The molecule has 1 N–H and O–H groups in total. The number of rotatable bonds is 10. The molecule has 0 unspecified atom stereocenters. The predicted octanol–water partition coefficient (Wildman–Crippen LogP) is 10.5. The average Bonchev–Trinajstić information content (AvgIpc) is 3.56. The second-order valence-electron chi connectivity index (χ2n) is 12.8. The Hall–Kier alpha value is -6.33. The molecule has 0 fully saturated rings. The van der Waals surface area contributed by atoms with Crippen molar-refractivity contribution >= 4 is 34.4 Å². The smallest absolute Gasteiger partial charge is 0.247 e. The van der Waals surface area contributed by atoms with Crippen LogP contribution in [-0.2, 0) is 16.8 Å². The summed E-state index contributed by atoms with van der Waals surface area (Å²) in [6, 6.07) is 46.2. The molecule has 51 heavy (non-hydrogen) atoms. The number of aromatic nitrogens is 3. The zero-order chi connectivity index (χ0) is 35.4. The third-order valence-electron chi connectivity index (χ3n) is 9.52. The van der Waals surface area contributed by atoms with E-state index >= 15 is 0 Å². The summed E-state index contributed by atoms with van der Waals surface area (Å²) >= 11 is 0. The quantitative estimate of drug-likeness (QED) is 0.117. The highest BCUT2D eigenvalue weighted by Gasteiger charge is 2.40. The molecule has 0 spiro atoms. The van der Waals surface area contributed by atoms with Crippen molar-refractivity contribution in [1.82, 2.24) is 14.5 Å². The van der Waals surface area contributed by atoms with Crippen LogP contribution in [0.5, 0.6) is 0 Å². The molecular formula is C46H40N4O. The molecule has 5 nitrogen and oxygen atoms in total. The Morgan fingerprint density at radius 1 is 0.824 bits per heavy atom. The molecule has 0 aliphatic heterocycles. The second-order valence-corrected chi connectivity index (χ2v) is 12.8. The Labute approximate surface area is 299 Å². The van der Waals surface area contributed by atoms with Crippen molar-refractivity contribution in [3.05, 3.63) is 197 Å². The molecule has 0 aliphatic carbocycles. The van der Waals surface area contributed by atoms with Crippen LogP contribution < -0.4 is 5.32 Å². The van der Waals surface area contributed by atoms with Gasteiger partial charge in [-0.15, -0.1) is 0 Å². The summed E-state index contributed by atoms with van der Waals surface area (Å²) in [7, 11) is 0. The Kier molecular flexibility index (Phi) is 9.28. The van der Waals surface area contributed by atoms with Crippen LogP contribution in [0.15, 0.2) is 159 Å². The fourth-order valence-electron chi connectivity index (χ4n) is 7.07. The number of nitrogens with zero attached hydrogens (tertiary/aromatic N) is 3. The van der Waals surface area contributed by atoms with Gasteiger partial charge in [0.1, 0.15) is 11.1 Å². The lowest BCUT2D eigenvalue weighted by Gasteiger charge is -2.38. The van der Waals surface area contributed by atoms with Gasteiger partial charge in [-0.3, -0.25) is 4.79 Å². The van der Waals surface area contributed by atoms with E-state index in [0.29, 0.717) is 11.4 Å². The SMILES string of the molecule is C=CC(=O)Nc1cccc(-c2cnc3c(n2)c(/C(C)=C/c2ccc(C)cc2CC)cn3C(c2ccccc2)(c2ccccc2)c2ccccc2)c1. The fraction of sp³-hybridized carbons (Fsp3) is 0.109. The number of fused-ring (bicyclic) bond motifs is 1. The summed E-state index contributed by atoms with van der Waals surface area (Å²) in [4.78, 5) is 22.7. The Morgan fingerprint density at radius 3 is 2.04 bits per heavy atom. The van der Waals surface area contributed by atoms with E-state index in [4.69, 9.17) is 9.97 Å². The highest BCUT2D eigenvalue weighted by molar-refractivity contribution is 5.99. The molecule has 2 heterocycles. The maximum absolute atomic E-state index is 12.1. The standard InChI is InChI=1S/C46H40N4O/c1-5-34-27-32(3)25-26-35(34)28-33(4)41-31-50(45-44(41)49-42(30-47-45)36-17-16-24-40(29-36)48-43(51)6-2)46(37-18-10-7-11-19-37,38-20-12-8-13-21-38)39-22-14-9-15-23-39/h6-31H,2,5H2,1,3-4H3,(H,48,51)/b33-28+. The van der Waals surface area contributed by atoms with Gasteiger partial charge in [0.25, 0.3) is 0 Å². The van der Waals surface area contributed by atoms with E-state index in [1.54, 1.807) is 0 Å². The van der Waals surface area contributed by atoms with Crippen LogP contribution >= 0.6 is 0 Å². The Balaban J connectivity index is 1.55. The summed E-state index contributed by atoms with van der Waals surface area (Å²) in [5, 5.41) is 2.87. The van der Waals surface area contributed by atoms with Gasteiger partial charge in [-0.1, -0.05) is 146 Å². The largest absolute Gasteiger partial charge is 0.323 e. The van der Waals surface area contributed by atoms with E-state index in [0.717, 1.165) is 51.0 Å². The minimum absolute atomic E-state index is 0.268.